The highest BCUT2D eigenvalue weighted by atomic mass is 35.5. The van der Waals surface area contributed by atoms with Gasteiger partial charge in [-0.2, -0.15) is 0 Å². The van der Waals surface area contributed by atoms with E-state index < -0.39 is 5.82 Å². The van der Waals surface area contributed by atoms with Gasteiger partial charge in [-0.1, -0.05) is 32.4 Å². The molecule has 0 saturated heterocycles. The monoisotopic (exact) mass is 259 g/mol. The van der Waals surface area contributed by atoms with E-state index >= 15 is 0 Å². The van der Waals surface area contributed by atoms with Crippen molar-refractivity contribution in [2.24, 2.45) is 5.92 Å². The van der Waals surface area contributed by atoms with Gasteiger partial charge >= 0.3 is 0 Å². The summed E-state index contributed by atoms with van der Waals surface area (Å²) in [4.78, 5) is 0. The van der Waals surface area contributed by atoms with Crippen molar-refractivity contribution in [2.75, 3.05) is 13.1 Å². The summed E-state index contributed by atoms with van der Waals surface area (Å²) in [5.74, 6) is 0.423. The van der Waals surface area contributed by atoms with Crippen LogP contribution in [0.25, 0.3) is 0 Å². The van der Waals surface area contributed by atoms with Gasteiger partial charge in [0.15, 0.2) is 0 Å². The number of likely N-dealkylation sites (N-methyl/N-ethyl adjacent to an activating group) is 1. The lowest BCUT2D eigenvalue weighted by molar-refractivity contribution is 0.149. The standard InChI is InChI=1S/C13H19ClFNO/c1-4-16-8-13(9(2)3)17-10-5-6-11(14)12(15)7-10/h5-7,9,13,16H,4,8H2,1-3H3. The van der Waals surface area contributed by atoms with E-state index in [4.69, 9.17) is 16.3 Å². The van der Waals surface area contributed by atoms with Crippen molar-refractivity contribution in [1.82, 2.24) is 5.32 Å². The first kappa shape index (κ1) is 14.3. The van der Waals surface area contributed by atoms with E-state index in [1.165, 1.54) is 12.1 Å². The third-order valence-electron chi connectivity index (χ3n) is 2.52. The third kappa shape index (κ3) is 4.52. The molecule has 4 heteroatoms. The molecule has 1 aromatic carbocycles. The molecule has 0 fully saturated rings. The topological polar surface area (TPSA) is 21.3 Å². The molecule has 0 saturated carbocycles. The number of benzene rings is 1. The van der Waals surface area contributed by atoms with E-state index in [1.54, 1.807) is 6.07 Å². The van der Waals surface area contributed by atoms with Gasteiger partial charge in [0, 0.05) is 12.6 Å². The van der Waals surface area contributed by atoms with Crippen LogP contribution in [0.4, 0.5) is 4.39 Å². The highest BCUT2D eigenvalue weighted by Gasteiger charge is 2.15. The summed E-state index contributed by atoms with van der Waals surface area (Å²) in [7, 11) is 0. The van der Waals surface area contributed by atoms with Crippen LogP contribution < -0.4 is 10.1 Å². The van der Waals surface area contributed by atoms with Crippen molar-refractivity contribution in [3.63, 3.8) is 0 Å². The van der Waals surface area contributed by atoms with Gasteiger partial charge in [-0.25, -0.2) is 4.39 Å². The van der Waals surface area contributed by atoms with Gasteiger partial charge in [0.25, 0.3) is 0 Å². The molecule has 0 aliphatic carbocycles. The third-order valence-corrected chi connectivity index (χ3v) is 2.82. The van der Waals surface area contributed by atoms with E-state index in [9.17, 15) is 4.39 Å². The fourth-order valence-corrected chi connectivity index (χ4v) is 1.54. The van der Waals surface area contributed by atoms with Crippen LogP contribution in [0.3, 0.4) is 0 Å². The average molecular weight is 260 g/mol. The molecule has 0 bridgehead atoms. The molecule has 1 atom stereocenters. The Morgan fingerprint density at radius 1 is 1.41 bits per heavy atom. The minimum absolute atomic E-state index is 0.0236. The predicted molar refractivity (Wildman–Crippen MR) is 69.2 cm³/mol. The number of hydrogen-bond donors (Lipinski definition) is 1. The normalized spacial score (nSPS) is 12.8. The maximum atomic E-state index is 13.3. The van der Waals surface area contributed by atoms with E-state index in [1.807, 2.05) is 6.92 Å². The van der Waals surface area contributed by atoms with Crippen LogP contribution in [0.5, 0.6) is 5.75 Å². The fourth-order valence-electron chi connectivity index (χ4n) is 1.43. The highest BCUT2D eigenvalue weighted by molar-refractivity contribution is 6.30. The van der Waals surface area contributed by atoms with E-state index in [2.05, 4.69) is 19.2 Å². The smallest absolute Gasteiger partial charge is 0.145 e. The van der Waals surface area contributed by atoms with Crippen molar-refractivity contribution in [1.29, 1.82) is 0 Å². The second kappa shape index (κ2) is 6.82. The van der Waals surface area contributed by atoms with Crippen LogP contribution in [0, 0.1) is 11.7 Å². The summed E-state index contributed by atoms with van der Waals surface area (Å²) >= 11 is 5.62. The van der Waals surface area contributed by atoms with Gasteiger partial charge in [-0.3, -0.25) is 0 Å². The lowest BCUT2D eigenvalue weighted by Gasteiger charge is -2.23. The van der Waals surface area contributed by atoms with Gasteiger partial charge in [0.2, 0.25) is 0 Å². The first-order chi connectivity index (χ1) is 8.04. The molecule has 0 radical (unpaired) electrons. The van der Waals surface area contributed by atoms with Crippen molar-refractivity contribution in [2.45, 2.75) is 26.9 Å². The number of nitrogens with one attached hydrogen (secondary N) is 1. The molecule has 96 valence electrons. The van der Waals surface area contributed by atoms with Gasteiger partial charge in [-0.05, 0) is 24.6 Å². The van der Waals surface area contributed by atoms with Gasteiger partial charge in [0.05, 0.1) is 5.02 Å². The van der Waals surface area contributed by atoms with Crippen LogP contribution in [0.1, 0.15) is 20.8 Å². The first-order valence-electron chi connectivity index (χ1n) is 5.87. The Balaban J connectivity index is 2.68. The number of rotatable bonds is 6. The van der Waals surface area contributed by atoms with Gasteiger partial charge < -0.3 is 10.1 Å². The summed E-state index contributed by atoms with van der Waals surface area (Å²) in [5.41, 5.74) is 0. The average Bonchev–Trinajstić information content (AvgIpc) is 2.28. The lowest BCUT2D eigenvalue weighted by Crippen LogP contribution is -2.35. The van der Waals surface area contributed by atoms with Gasteiger partial charge in [-0.15, -0.1) is 0 Å². The fraction of sp³-hybridized carbons (Fsp3) is 0.538. The Hall–Kier alpha value is -0.800. The van der Waals surface area contributed by atoms with Crippen LogP contribution in [0.15, 0.2) is 18.2 Å². The quantitative estimate of drug-likeness (QED) is 0.844. The molecule has 1 unspecified atom stereocenters. The molecule has 17 heavy (non-hydrogen) atoms. The largest absolute Gasteiger partial charge is 0.489 e. The molecule has 0 aliphatic heterocycles. The Morgan fingerprint density at radius 3 is 2.65 bits per heavy atom. The summed E-state index contributed by atoms with van der Waals surface area (Å²) in [6, 6.07) is 4.52. The van der Waals surface area contributed by atoms with E-state index in [-0.39, 0.29) is 11.1 Å². The molecule has 0 spiro atoms. The van der Waals surface area contributed by atoms with E-state index in [0.29, 0.717) is 11.7 Å². The maximum absolute atomic E-state index is 13.3. The van der Waals surface area contributed by atoms with Crippen molar-refractivity contribution in [3.05, 3.63) is 29.0 Å². The van der Waals surface area contributed by atoms with Crippen LogP contribution >= 0.6 is 11.6 Å². The second-order valence-electron chi connectivity index (χ2n) is 4.28. The molecule has 0 heterocycles. The molecule has 0 amide bonds. The predicted octanol–water partition coefficient (Wildman–Crippen LogP) is 3.49. The molecule has 1 N–H and O–H groups in total. The van der Waals surface area contributed by atoms with Crippen molar-refractivity contribution < 1.29 is 9.13 Å². The number of ether oxygens (including phenoxy) is 1. The SMILES string of the molecule is CCNCC(Oc1ccc(Cl)c(F)c1)C(C)C. The Kier molecular flexibility index (Phi) is 5.72. The zero-order chi connectivity index (χ0) is 12.8. The summed E-state index contributed by atoms with van der Waals surface area (Å²) < 4.78 is 19.0. The summed E-state index contributed by atoms with van der Waals surface area (Å²) in [6.07, 6.45) is 0.0236. The van der Waals surface area contributed by atoms with Crippen molar-refractivity contribution in [3.8, 4) is 5.75 Å². The van der Waals surface area contributed by atoms with Crippen LogP contribution in [-0.4, -0.2) is 19.2 Å². The summed E-state index contributed by atoms with van der Waals surface area (Å²) in [6.45, 7) is 7.84. The second-order valence-corrected chi connectivity index (χ2v) is 4.69. The number of halogens is 2. The first-order valence-corrected chi connectivity index (χ1v) is 6.24. The maximum Gasteiger partial charge on any atom is 0.145 e. The van der Waals surface area contributed by atoms with Crippen LogP contribution in [-0.2, 0) is 0 Å². The zero-order valence-corrected chi connectivity index (χ0v) is 11.2. The summed E-state index contributed by atoms with van der Waals surface area (Å²) in [5, 5.41) is 3.35. The van der Waals surface area contributed by atoms with E-state index in [0.717, 1.165) is 13.1 Å². The van der Waals surface area contributed by atoms with Gasteiger partial charge in [0.1, 0.15) is 17.7 Å². The highest BCUT2D eigenvalue weighted by Crippen LogP contribution is 2.22. The molecule has 1 aromatic rings. The minimum Gasteiger partial charge on any atom is -0.489 e. The number of hydrogen-bond acceptors (Lipinski definition) is 2. The molecule has 0 aromatic heterocycles. The molecule has 0 aliphatic rings. The van der Waals surface area contributed by atoms with Crippen molar-refractivity contribution >= 4 is 11.6 Å². The van der Waals surface area contributed by atoms with Crippen LogP contribution in [0.2, 0.25) is 5.02 Å². The molecule has 1 rings (SSSR count). The Labute approximate surface area is 107 Å². The lowest BCUT2D eigenvalue weighted by atomic mass is 10.1. The molecular weight excluding hydrogens is 241 g/mol. The molecule has 2 nitrogen and oxygen atoms in total. The Bertz CT molecular complexity index is 357. The Morgan fingerprint density at radius 2 is 2.12 bits per heavy atom. The molecular formula is C13H19ClFNO. The minimum atomic E-state index is -0.449. The zero-order valence-electron chi connectivity index (χ0n) is 10.5.